The molecule has 0 spiro atoms. The number of hydrogen-bond donors (Lipinski definition) is 0. The second-order valence-corrected chi connectivity index (χ2v) is 7.21. The second-order valence-electron chi connectivity index (χ2n) is 4.16. The van der Waals surface area contributed by atoms with Crippen LogP contribution in [0.15, 0.2) is 34.1 Å². The Morgan fingerprint density at radius 1 is 1.41 bits per heavy atom. The molecule has 1 heterocycles. The van der Waals surface area contributed by atoms with Crippen molar-refractivity contribution in [1.82, 2.24) is 0 Å². The molecule has 2 rings (SSSR count). The van der Waals surface area contributed by atoms with Crippen LogP contribution in [0.4, 0.5) is 0 Å². The van der Waals surface area contributed by atoms with E-state index < -0.39 is 9.84 Å². The molecule has 17 heavy (non-hydrogen) atoms. The van der Waals surface area contributed by atoms with E-state index >= 15 is 0 Å². The van der Waals surface area contributed by atoms with E-state index in [4.69, 9.17) is 4.74 Å². The van der Waals surface area contributed by atoms with Gasteiger partial charge in [0, 0.05) is 23.5 Å². The van der Waals surface area contributed by atoms with E-state index in [1.165, 1.54) is 6.26 Å². The Labute approximate surface area is 106 Å². The van der Waals surface area contributed by atoms with Gasteiger partial charge in [-0.15, -0.1) is 11.8 Å². The lowest BCUT2D eigenvalue weighted by atomic mass is 10.3. The van der Waals surface area contributed by atoms with Gasteiger partial charge in [-0.25, -0.2) is 8.42 Å². The molecular weight excluding hydrogens is 256 g/mol. The fraction of sp³-hybridized carbons (Fsp3) is 0.500. The van der Waals surface area contributed by atoms with Crippen molar-refractivity contribution in [3.8, 4) is 0 Å². The molecular formula is C12H16O3S2. The van der Waals surface area contributed by atoms with Gasteiger partial charge in [-0.1, -0.05) is 12.1 Å². The first-order chi connectivity index (χ1) is 8.07. The van der Waals surface area contributed by atoms with Gasteiger partial charge in [-0.05, 0) is 25.0 Å². The van der Waals surface area contributed by atoms with Crippen molar-refractivity contribution in [2.24, 2.45) is 0 Å². The maximum absolute atomic E-state index is 11.6. The highest BCUT2D eigenvalue weighted by Gasteiger charge is 2.18. The van der Waals surface area contributed by atoms with Gasteiger partial charge in [0.1, 0.15) is 0 Å². The van der Waals surface area contributed by atoms with Crippen molar-refractivity contribution < 1.29 is 13.2 Å². The Hall–Kier alpha value is -0.520. The van der Waals surface area contributed by atoms with E-state index in [0.29, 0.717) is 4.90 Å². The van der Waals surface area contributed by atoms with Crippen molar-refractivity contribution in [3.63, 3.8) is 0 Å². The molecule has 1 atom stereocenters. The molecule has 3 nitrogen and oxygen atoms in total. The maximum Gasteiger partial charge on any atom is 0.176 e. The minimum Gasteiger partial charge on any atom is -0.377 e. The monoisotopic (exact) mass is 272 g/mol. The van der Waals surface area contributed by atoms with Crippen molar-refractivity contribution in [2.75, 3.05) is 18.6 Å². The minimum atomic E-state index is -3.14. The highest BCUT2D eigenvalue weighted by molar-refractivity contribution is 8.00. The standard InChI is InChI=1S/C12H16O3S2/c1-17(13,14)12-7-3-2-6-11(12)16-9-10-5-4-8-15-10/h2-3,6-7,10H,4-5,8-9H2,1H3. The molecule has 0 radical (unpaired) electrons. The highest BCUT2D eigenvalue weighted by Crippen LogP contribution is 2.29. The van der Waals surface area contributed by atoms with Crippen molar-refractivity contribution in [3.05, 3.63) is 24.3 Å². The number of thioether (sulfide) groups is 1. The molecule has 1 saturated heterocycles. The molecule has 94 valence electrons. The predicted octanol–water partition coefficient (Wildman–Crippen LogP) is 2.36. The number of sulfone groups is 1. The summed E-state index contributed by atoms with van der Waals surface area (Å²) in [6, 6.07) is 7.14. The zero-order valence-electron chi connectivity index (χ0n) is 9.76. The third-order valence-electron chi connectivity index (χ3n) is 2.70. The Morgan fingerprint density at radius 3 is 2.82 bits per heavy atom. The molecule has 0 aliphatic carbocycles. The molecule has 1 aliphatic heterocycles. The number of hydrogen-bond acceptors (Lipinski definition) is 4. The van der Waals surface area contributed by atoms with Gasteiger partial charge < -0.3 is 4.74 Å². The summed E-state index contributed by atoms with van der Waals surface area (Å²) in [6.07, 6.45) is 3.71. The summed E-state index contributed by atoms with van der Waals surface area (Å²) in [4.78, 5) is 1.24. The zero-order chi connectivity index (χ0) is 12.3. The van der Waals surface area contributed by atoms with Crippen molar-refractivity contribution in [1.29, 1.82) is 0 Å². The first-order valence-corrected chi connectivity index (χ1v) is 8.48. The van der Waals surface area contributed by atoms with Crippen LogP contribution in [0.2, 0.25) is 0 Å². The summed E-state index contributed by atoms with van der Waals surface area (Å²) < 4.78 is 28.7. The molecule has 0 N–H and O–H groups in total. The van der Waals surface area contributed by atoms with Crippen LogP contribution < -0.4 is 0 Å². The number of rotatable bonds is 4. The molecule has 1 aromatic carbocycles. The van der Waals surface area contributed by atoms with Crippen LogP contribution in [0.3, 0.4) is 0 Å². The van der Waals surface area contributed by atoms with Gasteiger partial charge in [0.05, 0.1) is 11.0 Å². The van der Waals surface area contributed by atoms with Crippen LogP contribution in [0, 0.1) is 0 Å². The molecule has 0 saturated carbocycles. The van der Waals surface area contributed by atoms with Crippen LogP contribution in [0.25, 0.3) is 0 Å². The van der Waals surface area contributed by atoms with Crippen LogP contribution in [0.5, 0.6) is 0 Å². The SMILES string of the molecule is CS(=O)(=O)c1ccccc1SCC1CCCO1. The lowest BCUT2D eigenvalue weighted by Crippen LogP contribution is -2.08. The van der Waals surface area contributed by atoms with Gasteiger partial charge in [-0.3, -0.25) is 0 Å². The maximum atomic E-state index is 11.6. The first kappa shape index (κ1) is 12.9. The Morgan fingerprint density at radius 2 is 2.18 bits per heavy atom. The van der Waals surface area contributed by atoms with E-state index in [9.17, 15) is 8.42 Å². The topological polar surface area (TPSA) is 43.4 Å². The third-order valence-corrected chi connectivity index (χ3v) is 5.19. The number of benzene rings is 1. The third kappa shape index (κ3) is 3.47. The fourth-order valence-electron chi connectivity index (χ4n) is 1.83. The van der Waals surface area contributed by atoms with E-state index in [0.717, 1.165) is 30.1 Å². The normalized spacial score (nSPS) is 20.6. The zero-order valence-corrected chi connectivity index (χ0v) is 11.4. The second kappa shape index (κ2) is 5.42. The van der Waals surface area contributed by atoms with E-state index in [1.54, 1.807) is 23.9 Å². The van der Waals surface area contributed by atoms with Gasteiger partial charge in [-0.2, -0.15) is 0 Å². The lowest BCUT2D eigenvalue weighted by Gasteiger charge is -2.11. The summed E-state index contributed by atoms with van der Waals surface area (Å²) in [5, 5.41) is 0. The quantitative estimate of drug-likeness (QED) is 0.789. The lowest BCUT2D eigenvalue weighted by molar-refractivity contribution is 0.129. The molecule has 1 unspecified atom stereocenters. The summed E-state index contributed by atoms with van der Waals surface area (Å²) >= 11 is 1.57. The Bertz CT molecular complexity index is 476. The van der Waals surface area contributed by atoms with E-state index in [1.807, 2.05) is 12.1 Å². The van der Waals surface area contributed by atoms with Crippen LogP contribution in [-0.4, -0.2) is 33.1 Å². The van der Waals surface area contributed by atoms with Crippen LogP contribution in [-0.2, 0) is 14.6 Å². The molecule has 5 heteroatoms. The highest BCUT2D eigenvalue weighted by atomic mass is 32.2. The predicted molar refractivity (Wildman–Crippen MR) is 69.2 cm³/mol. The molecule has 1 fully saturated rings. The Balaban J connectivity index is 2.09. The van der Waals surface area contributed by atoms with Crippen molar-refractivity contribution >= 4 is 21.6 Å². The van der Waals surface area contributed by atoms with Gasteiger partial charge in [0.15, 0.2) is 9.84 Å². The minimum absolute atomic E-state index is 0.271. The molecule has 1 aromatic rings. The first-order valence-electron chi connectivity index (χ1n) is 5.61. The summed E-state index contributed by atoms with van der Waals surface area (Å²) in [5.74, 6) is 0.826. The van der Waals surface area contributed by atoms with Crippen molar-refractivity contribution in [2.45, 2.75) is 28.7 Å². The largest absolute Gasteiger partial charge is 0.377 e. The summed E-state index contributed by atoms with van der Waals surface area (Å²) in [5.41, 5.74) is 0. The smallest absolute Gasteiger partial charge is 0.176 e. The van der Waals surface area contributed by atoms with E-state index in [2.05, 4.69) is 0 Å². The van der Waals surface area contributed by atoms with Gasteiger partial charge >= 0.3 is 0 Å². The molecule has 0 aromatic heterocycles. The van der Waals surface area contributed by atoms with Crippen LogP contribution >= 0.6 is 11.8 Å². The average Bonchev–Trinajstić information content (AvgIpc) is 2.78. The Kier molecular flexibility index (Phi) is 4.12. The van der Waals surface area contributed by atoms with Crippen LogP contribution in [0.1, 0.15) is 12.8 Å². The van der Waals surface area contributed by atoms with Gasteiger partial charge in [0.25, 0.3) is 0 Å². The molecule has 1 aliphatic rings. The summed E-state index contributed by atoms with van der Waals surface area (Å²) in [6.45, 7) is 0.832. The number of ether oxygens (including phenoxy) is 1. The van der Waals surface area contributed by atoms with E-state index in [-0.39, 0.29) is 6.10 Å². The molecule has 0 bridgehead atoms. The average molecular weight is 272 g/mol. The fourth-order valence-corrected chi connectivity index (χ4v) is 4.24. The van der Waals surface area contributed by atoms with Gasteiger partial charge in [0.2, 0.25) is 0 Å². The molecule has 0 amide bonds. The summed E-state index contributed by atoms with van der Waals surface area (Å²) in [7, 11) is -3.14.